The minimum atomic E-state index is -0.666. The average Bonchev–Trinajstić information content (AvgIpc) is 2.76. The van der Waals surface area contributed by atoms with Crippen LogP contribution in [0.15, 0.2) is 52.2 Å². The topological polar surface area (TPSA) is 46.6 Å². The van der Waals surface area contributed by atoms with E-state index in [2.05, 4.69) is 4.74 Å². The molecule has 0 radical (unpaired) electrons. The van der Waals surface area contributed by atoms with Crippen LogP contribution < -0.4 is 4.90 Å². The number of anilines is 1. The maximum absolute atomic E-state index is 12.0. The van der Waals surface area contributed by atoms with Crippen molar-refractivity contribution in [1.82, 2.24) is 0 Å². The number of benzene rings is 1. The van der Waals surface area contributed by atoms with Gasteiger partial charge < -0.3 is 4.74 Å². The lowest BCUT2D eigenvalue weighted by Gasteiger charge is -2.19. The molecule has 0 atom stereocenters. The first kappa shape index (κ1) is 13.6. The van der Waals surface area contributed by atoms with Crippen molar-refractivity contribution >= 4 is 40.8 Å². The summed E-state index contributed by atoms with van der Waals surface area (Å²) in [5, 5.41) is 0. The summed E-state index contributed by atoms with van der Waals surface area (Å²) in [5.74, 6) is -1.07. The summed E-state index contributed by atoms with van der Waals surface area (Å²) in [5.41, 5.74) is 0.735. The number of carbonyl (C=O) groups is 2. The zero-order valence-electron chi connectivity index (χ0n) is 9.89. The largest absolute Gasteiger partial charge is 0.465 e. The standard InChI is InChI=1S/C13H9Cl2NO3/c1-19-13(18)9-7-10(17)16(11(9)12(14)15)8-5-3-2-4-6-8/h2-7H,1H3. The Hall–Kier alpha value is -1.78. The molecule has 0 spiro atoms. The van der Waals surface area contributed by atoms with E-state index in [0.29, 0.717) is 5.69 Å². The second-order valence-electron chi connectivity index (χ2n) is 3.67. The van der Waals surface area contributed by atoms with Crippen LogP contribution in [0.3, 0.4) is 0 Å². The highest BCUT2D eigenvalue weighted by Crippen LogP contribution is 2.34. The Labute approximate surface area is 119 Å². The Bertz CT molecular complexity index is 589. The van der Waals surface area contributed by atoms with Crippen molar-refractivity contribution in [2.45, 2.75) is 0 Å². The van der Waals surface area contributed by atoms with Crippen LogP contribution in [-0.4, -0.2) is 19.0 Å². The first-order valence-corrected chi connectivity index (χ1v) is 6.06. The van der Waals surface area contributed by atoms with Gasteiger partial charge >= 0.3 is 5.97 Å². The van der Waals surface area contributed by atoms with Gasteiger partial charge in [-0.25, -0.2) is 4.79 Å². The van der Waals surface area contributed by atoms with Crippen LogP contribution in [0.2, 0.25) is 0 Å². The fourth-order valence-electron chi connectivity index (χ4n) is 1.77. The number of halogens is 2. The number of para-hydroxylation sites is 1. The van der Waals surface area contributed by atoms with Crippen molar-refractivity contribution in [1.29, 1.82) is 0 Å². The zero-order chi connectivity index (χ0) is 14.0. The van der Waals surface area contributed by atoms with Crippen molar-refractivity contribution in [3.8, 4) is 0 Å². The van der Waals surface area contributed by atoms with E-state index in [1.165, 1.54) is 12.0 Å². The van der Waals surface area contributed by atoms with Gasteiger partial charge in [-0.3, -0.25) is 9.69 Å². The number of esters is 1. The van der Waals surface area contributed by atoms with Crippen LogP contribution in [0, 0.1) is 0 Å². The molecule has 1 amide bonds. The van der Waals surface area contributed by atoms with Gasteiger partial charge in [0.15, 0.2) is 0 Å². The van der Waals surface area contributed by atoms with Crippen molar-refractivity contribution in [3.63, 3.8) is 0 Å². The quantitative estimate of drug-likeness (QED) is 0.789. The third-order valence-electron chi connectivity index (χ3n) is 2.57. The molecule has 0 fully saturated rings. The minimum absolute atomic E-state index is 0.0383. The van der Waals surface area contributed by atoms with E-state index in [9.17, 15) is 9.59 Å². The van der Waals surface area contributed by atoms with Gasteiger partial charge in [-0.1, -0.05) is 41.4 Å². The van der Waals surface area contributed by atoms with Crippen molar-refractivity contribution < 1.29 is 14.3 Å². The van der Waals surface area contributed by atoms with E-state index in [1.54, 1.807) is 24.3 Å². The first-order chi connectivity index (χ1) is 9.06. The van der Waals surface area contributed by atoms with Crippen LogP contribution in [0.25, 0.3) is 0 Å². The summed E-state index contributed by atoms with van der Waals surface area (Å²) in [6.45, 7) is 0. The van der Waals surface area contributed by atoms with Crippen LogP contribution >= 0.6 is 23.2 Å². The van der Waals surface area contributed by atoms with Crippen molar-refractivity contribution in [2.24, 2.45) is 0 Å². The molecule has 0 aliphatic carbocycles. The molecule has 0 unspecified atom stereocenters. The Morgan fingerprint density at radius 1 is 1.21 bits per heavy atom. The molecule has 0 saturated heterocycles. The number of amides is 1. The summed E-state index contributed by atoms with van der Waals surface area (Å²) in [6.07, 6.45) is 1.15. The predicted molar refractivity (Wildman–Crippen MR) is 72.8 cm³/mol. The SMILES string of the molecule is COC(=O)C1=CC(=O)N(c2ccccc2)C1=C(Cl)Cl. The molecule has 98 valence electrons. The van der Waals surface area contributed by atoms with Gasteiger partial charge in [-0.05, 0) is 12.1 Å². The predicted octanol–water partition coefficient (Wildman–Crippen LogP) is 2.78. The lowest BCUT2D eigenvalue weighted by molar-refractivity contribution is -0.135. The van der Waals surface area contributed by atoms with Gasteiger partial charge in [0, 0.05) is 11.8 Å². The van der Waals surface area contributed by atoms with Gasteiger partial charge in [0.25, 0.3) is 5.91 Å². The number of rotatable bonds is 2. The van der Waals surface area contributed by atoms with E-state index in [4.69, 9.17) is 23.2 Å². The smallest absolute Gasteiger partial charge is 0.340 e. The lowest BCUT2D eigenvalue weighted by atomic mass is 10.2. The van der Waals surface area contributed by atoms with E-state index < -0.39 is 11.9 Å². The van der Waals surface area contributed by atoms with E-state index in [-0.39, 0.29) is 15.8 Å². The molecule has 0 saturated carbocycles. The highest BCUT2D eigenvalue weighted by molar-refractivity contribution is 6.57. The molecule has 0 bridgehead atoms. The second kappa shape index (κ2) is 5.47. The first-order valence-electron chi connectivity index (χ1n) is 5.31. The number of nitrogens with zero attached hydrogens (tertiary/aromatic N) is 1. The molecule has 1 aliphatic rings. The second-order valence-corrected chi connectivity index (χ2v) is 4.62. The zero-order valence-corrected chi connectivity index (χ0v) is 11.4. The maximum atomic E-state index is 12.0. The number of hydrogen-bond donors (Lipinski definition) is 0. The average molecular weight is 298 g/mol. The molecule has 6 heteroatoms. The third kappa shape index (κ3) is 2.50. The molecule has 0 N–H and O–H groups in total. The van der Waals surface area contributed by atoms with Crippen LogP contribution in [0.4, 0.5) is 5.69 Å². The highest BCUT2D eigenvalue weighted by Gasteiger charge is 2.35. The Kier molecular flexibility index (Phi) is 3.93. The molecular weight excluding hydrogens is 289 g/mol. The molecule has 2 rings (SSSR count). The number of ether oxygens (including phenoxy) is 1. The van der Waals surface area contributed by atoms with Gasteiger partial charge in [-0.15, -0.1) is 0 Å². The summed E-state index contributed by atoms with van der Waals surface area (Å²) in [7, 11) is 1.22. The van der Waals surface area contributed by atoms with Crippen LogP contribution in [0.5, 0.6) is 0 Å². The molecule has 19 heavy (non-hydrogen) atoms. The minimum Gasteiger partial charge on any atom is -0.465 e. The van der Waals surface area contributed by atoms with E-state index in [0.717, 1.165) is 6.08 Å². The number of methoxy groups -OCH3 is 1. The van der Waals surface area contributed by atoms with Crippen LogP contribution in [-0.2, 0) is 14.3 Å². The molecule has 1 heterocycles. The summed E-state index contributed by atoms with van der Waals surface area (Å²) < 4.78 is 4.43. The normalized spacial score (nSPS) is 14.5. The third-order valence-corrected chi connectivity index (χ3v) is 2.92. The van der Waals surface area contributed by atoms with Crippen molar-refractivity contribution in [2.75, 3.05) is 12.0 Å². The molecular formula is C13H9Cl2NO3. The summed E-state index contributed by atoms with van der Waals surface area (Å²) in [4.78, 5) is 24.9. The summed E-state index contributed by atoms with van der Waals surface area (Å²) >= 11 is 11.6. The lowest BCUT2D eigenvalue weighted by Crippen LogP contribution is -2.25. The molecule has 0 aromatic heterocycles. The number of carbonyl (C=O) groups excluding carboxylic acids is 2. The van der Waals surface area contributed by atoms with Crippen LogP contribution in [0.1, 0.15) is 0 Å². The van der Waals surface area contributed by atoms with Gasteiger partial charge in [0.2, 0.25) is 0 Å². The highest BCUT2D eigenvalue weighted by atomic mass is 35.5. The fourth-order valence-corrected chi connectivity index (χ4v) is 2.14. The van der Waals surface area contributed by atoms with Gasteiger partial charge in [0.05, 0.1) is 18.4 Å². The number of hydrogen-bond acceptors (Lipinski definition) is 3. The molecule has 4 nitrogen and oxygen atoms in total. The van der Waals surface area contributed by atoms with Gasteiger partial charge in [-0.2, -0.15) is 0 Å². The van der Waals surface area contributed by atoms with E-state index in [1.807, 2.05) is 6.07 Å². The Balaban J connectivity index is 2.52. The maximum Gasteiger partial charge on any atom is 0.340 e. The van der Waals surface area contributed by atoms with Crippen molar-refractivity contribution in [3.05, 3.63) is 52.2 Å². The molecule has 1 aromatic carbocycles. The molecule has 1 aliphatic heterocycles. The Morgan fingerprint density at radius 2 is 1.84 bits per heavy atom. The van der Waals surface area contributed by atoms with E-state index >= 15 is 0 Å². The van der Waals surface area contributed by atoms with Gasteiger partial charge in [0.1, 0.15) is 4.49 Å². The summed E-state index contributed by atoms with van der Waals surface area (Å²) in [6, 6.07) is 8.76. The fraction of sp³-hybridized carbons (Fsp3) is 0.0769. The monoisotopic (exact) mass is 297 g/mol. The molecule has 1 aromatic rings. The Morgan fingerprint density at radius 3 is 2.37 bits per heavy atom.